The number of nitrogens with one attached hydrogen (secondary N) is 1. The van der Waals surface area contributed by atoms with E-state index in [1.165, 1.54) is 6.07 Å². The molecule has 0 spiro atoms. The molecule has 0 fully saturated rings. The number of benzene rings is 2. The lowest BCUT2D eigenvalue weighted by Gasteiger charge is -2.07. The van der Waals surface area contributed by atoms with Gasteiger partial charge in [-0.1, -0.05) is 36.4 Å². The summed E-state index contributed by atoms with van der Waals surface area (Å²) in [6.07, 6.45) is 0. The van der Waals surface area contributed by atoms with Crippen LogP contribution in [-0.4, -0.2) is 32.4 Å². The van der Waals surface area contributed by atoms with Crippen LogP contribution in [0.4, 0.5) is 11.4 Å². The van der Waals surface area contributed by atoms with E-state index in [0.29, 0.717) is 22.5 Å². The zero-order valence-electron chi connectivity index (χ0n) is 14.1. The van der Waals surface area contributed by atoms with Gasteiger partial charge in [0.05, 0.1) is 10.6 Å². The summed E-state index contributed by atoms with van der Waals surface area (Å²) in [5.74, 6) is -0.588. The molecule has 1 aliphatic rings. The standard InChI is InChI=1S/C17H14N6O3S/c1-10-7-8-12(9-13(10)23(25)26)19-20-15-14(11-5-3-2-4-6-11)21-22(16(15)24)17(18)27/h2-9,19H,1H3,(H2,18,27)/b20-15+. The summed E-state index contributed by atoms with van der Waals surface area (Å²) in [7, 11) is 0. The first kappa shape index (κ1) is 18.1. The van der Waals surface area contributed by atoms with E-state index in [1.54, 1.807) is 43.3 Å². The van der Waals surface area contributed by atoms with Crippen LogP contribution in [0.3, 0.4) is 0 Å². The predicted molar refractivity (Wildman–Crippen MR) is 106 cm³/mol. The van der Waals surface area contributed by atoms with E-state index in [4.69, 9.17) is 18.0 Å². The minimum Gasteiger partial charge on any atom is -0.374 e. The Morgan fingerprint density at radius 3 is 2.63 bits per heavy atom. The fraction of sp³-hybridized carbons (Fsp3) is 0.0588. The minimum absolute atomic E-state index is 0.00257. The maximum Gasteiger partial charge on any atom is 0.303 e. The van der Waals surface area contributed by atoms with Gasteiger partial charge in [-0.25, -0.2) is 0 Å². The summed E-state index contributed by atoms with van der Waals surface area (Å²) >= 11 is 4.85. The molecule has 3 rings (SSSR count). The molecule has 2 aromatic carbocycles. The Balaban J connectivity index is 1.97. The van der Waals surface area contributed by atoms with Crippen LogP contribution in [0.15, 0.2) is 58.7 Å². The third-order valence-electron chi connectivity index (χ3n) is 3.78. The van der Waals surface area contributed by atoms with Crippen molar-refractivity contribution in [3.8, 4) is 0 Å². The molecule has 3 N–H and O–H groups in total. The second kappa shape index (κ2) is 7.30. The molecule has 1 amide bonds. The third kappa shape index (κ3) is 3.65. The Morgan fingerprint density at radius 2 is 2.00 bits per heavy atom. The smallest absolute Gasteiger partial charge is 0.303 e. The number of anilines is 1. The first-order valence-corrected chi connectivity index (χ1v) is 8.16. The number of nitrogens with two attached hydrogens (primary N) is 1. The second-order valence-corrected chi connectivity index (χ2v) is 6.02. The van der Waals surface area contributed by atoms with Gasteiger partial charge in [0.25, 0.3) is 5.69 Å². The van der Waals surface area contributed by atoms with Crippen molar-refractivity contribution in [2.45, 2.75) is 6.92 Å². The highest BCUT2D eigenvalue weighted by molar-refractivity contribution is 7.80. The zero-order valence-corrected chi connectivity index (χ0v) is 14.9. The summed E-state index contributed by atoms with van der Waals surface area (Å²) < 4.78 is 0. The molecule has 0 saturated carbocycles. The molecule has 0 atom stereocenters. The monoisotopic (exact) mass is 382 g/mol. The molecule has 27 heavy (non-hydrogen) atoms. The predicted octanol–water partition coefficient (Wildman–Crippen LogP) is 2.16. The Kier molecular flexibility index (Phi) is 4.90. The number of hydrogen-bond donors (Lipinski definition) is 2. The quantitative estimate of drug-likeness (QED) is 0.474. The van der Waals surface area contributed by atoms with E-state index in [-0.39, 0.29) is 16.5 Å². The van der Waals surface area contributed by atoms with Crippen LogP contribution < -0.4 is 11.2 Å². The Hall–Kier alpha value is -3.66. The fourth-order valence-corrected chi connectivity index (χ4v) is 2.55. The molecule has 136 valence electrons. The van der Waals surface area contributed by atoms with Crippen molar-refractivity contribution in [3.63, 3.8) is 0 Å². The van der Waals surface area contributed by atoms with Crippen LogP contribution in [0.2, 0.25) is 0 Å². The van der Waals surface area contributed by atoms with Gasteiger partial charge in [0.2, 0.25) is 0 Å². The van der Waals surface area contributed by atoms with Gasteiger partial charge in [-0.2, -0.15) is 15.2 Å². The number of amides is 1. The number of nitro groups is 1. The van der Waals surface area contributed by atoms with Gasteiger partial charge in [0.15, 0.2) is 10.8 Å². The van der Waals surface area contributed by atoms with E-state index >= 15 is 0 Å². The molecule has 1 aliphatic heterocycles. The molecule has 1 heterocycles. The highest BCUT2D eigenvalue weighted by Crippen LogP contribution is 2.22. The number of carbonyl (C=O) groups is 1. The summed E-state index contributed by atoms with van der Waals surface area (Å²) in [4.78, 5) is 23.1. The van der Waals surface area contributed by atoms with Crippen molar-refractivity contribution in [1.82, 2.24) is 5.01 Å². The van der Waals surface area contributed by atoms with Crippen LogP contribution in [-0.2, 0) is 4.79 Å². The summed E-state index contributed by atoms with van der Waals surface area (Å²) in [6.45, 7) is 1.63. The first-order valence-electron chi connectivity index (χ1n) is 7.75. The molecule has 0 radical (unpaired) electrons. The highest BCUT2D eigenvalue weighted by Gasteiger charge is 2.34. The van der Waals surface area contributed by atoms with Gasteiger partial charge in [0.1, 0.15) is 5.71 Å². The first-order chi connectivity index (χ1) is 12.9. The molecule has 0 bridgehead atoms. The zero-order chi connectivity index (χ0) is 19.6. The van der Waals surface area contributed by atoms with Crippen LogP contribution in [0.1, 0.15) is 11.1 Å². The highest BCUT2D eigenvalue weighted by atomic mass is 32.1. The average Bonchev–Trinajstić information content (AvgIpc) is 2.98. The van der Waals surface area contributed by atoms with Gasteiger partial charge < -0.3 is 5.73 Å². The van der Waals surface area contributed by atoms with Gasteiger partial charge in [-0.3, -0.25) is 20.3 Å². The van der Waals surface area contributed by atoms with Gasteiger partial charge in [0, 0.05) is 17.2 Å². The number of hydrogen-bond acceptors (Lipinski definition) is 7. The van der Waals surface area contributed by atoms with Crippen LogP contribution in [0.5, 0.6) is 0 Å². The molecule has 10 heteroatoms. The van der Waals surface area contributed by atoms with E-state index in [0.717, 1.165) is 5.01 Å². The summed E-state index contributed by atoms with van der Waals surface area (Å²) in [6, 6.07) is 13.5. The maximum atomic E-state index is 12.5. The van der Waals surface area contributed by atoms with Gasteiger partial charge >= 0.3 is 5.91 Å². The number of nitro benzene ring substituents is 1. The van der Waals surface area contributed by atoms with Crippen molar-refractivity contribution in [1.29, 1.82) is 0 Å². The molecule has 0 unspecified atom stereocenters. The van der Waals surface area contributed by atoms with Crippen molar-refractivity contribution >= 4 is 46.0 Å². The van der Waals surface area contributed by atoms with Gasteiger partial charge in [-0.15, -0.1) is 0 Å². The third-order valence-corrected chi connectivity index (χ3v) is 3.95. The van der Waals surface area contributed by atoms with Crippen molar-refractivity contribution in [2.24, 2.45) is 15.9 Å². The number of hydrazone groups is 2. The Labute approximate surface area is 159 Å². The van der Waals surface area contributed by atoms with Gasteiger partial charge in [-0.05, 0) is 25.2 Å². The van der Waals surface area contributed by atoms with Crippen LogP contribution in [0.25, 0.3) is 0 Å². The molecule has 0 aliphatic carbocycles. The molecular weight excluding hydrogens is 368 g/mol. The largest absolute Gasteiger partial charge is 0.374 e. The second-order valence-electron chi connectivity index (χ2n) is 5.60. The van der Waals surface area contributed by atoms with E-state index < -0.39 is 10.8 Å². The average molecular weight is 382 g/mol. The molecular formula is C17H14N6O3S. The van der Waals surface area contributed by atoms with Crippen molar-refractivity contribution in [3.05, 3.63) is 69.8 Å². The summed E-state index contributed by atoms with van der Waals surface area (Å²) in [5.41, 5.74) is 9.98. The lowest BCUT2D eigenvalue weighted by Crippen LogP contribution is -2.36. The SMILES string of the molecule is Cc1ccc(N/N=C2/C(=O)N(C(N)=S)N=C2c2ccccc2)cc1[N+](=O)[O-]. The van der Waals surface area contributed by atoms with Crippen molar-refractivity contribution in [2.75, 3.05) is 5.43 Å². The molecule has 2 aromatic rings. The fourth-order valence-electron chi connectivity index (χ4n) is 2.43. The normalized spacial score (nSPS) is 15.0. The molecule has 9 nitrogen and oxygen atoms in total. The number of rotatable bonds is 4. The number of nitrogens with zero attached hydrogens (tertiary/aromatic N) is 4. The lowest BCUT2D eigenvalue weighted by molar-refractivity contribution is -0.385. The minimum atomic E-state index is -0.588. The van der Waals surface area contributed by atoms with E-state index in [9.17, 15) is 14.9 Å². The van der Waals surface area contributed by atoms with E-state index in [1.807, 2.05) is 6.07 Å². The number of thiocarbonyl (C=S) groups is 1. The topological polar surface area (TPSA) is 126 Å². The maximum absolute atomic E-state index is 12.5. The lowest BCUT2D eigenvalue weighted by atomic mass is 10.1. The van der Waals surface area contributed by atoms with E-state index in [2.05, 4.69) is 15.6 Å². The number of carbonyl (C=O) groups excluding carboxylic acids is 1. The Morgan fingerprint density at radius 1 is 1.30 bits per heavy atom. The van der Waals surface area contributed by atoms with Crippen LogP contribution in [0, 0.1) is 17.0 Å². The Bertz CT molecular complexity index is 1000. The summed E-state index contributed by atoms with van der Waals surface area (Å²) in [5, 5.41) is 20.0. The molecule has 0 saturated heterocycles. The van der Waals surface area contributed by atoms with Crippen molar-refractivity contribution < 1.29 is 9.72 Å². The molecule has 0 aromatic heterocycles. The number of aryl methyl sites for hydroxylation is 1. The van der Waals surface area contributed by atoms with Crippen LogP contribution >= 0.6 is 12.2 Å².